The van der Waals surface area contributed by atoms with Crippen LogP contribution in [0.15, 0.2) is 0 Å². The summed E-state index contributed by atoms with van der Waals surface area (Å²) in [6.45, 7) is 3.62. The van der Waals surface area contributed by atoms with Crippen LogP contribution >= 0.6 is 24.8 Å². The lowest BCUT2D eigenvalue weighted by atomic mass is 9.91. The second-order valence-electron chi connectivity index (χ2n) is 6.90. The molecule has 23 heavy (non-hydrogen) atoms. The number of likely N-dealkylation sites (tertiary alicyclic amines) is 1. The largest absolute Gasteiger partial charge is 0.381 e. The first kappa shape index (κ1) is 21.0. The Morgan fingerprint density at radius 2 is 1.74 bits per heavy atom. The number of carbonyl (C=O) groups is 1. The molecule has 0 spiro atoms. The highest BCUT2D eigenvalue weighted by molar-refractivity contribution is 5.85. The van der Waals surface area contributed by atoms with E-state index >= 15 is 0 Å². The summed E-state index contributed by atoms with van der Waals surface area (Å²) in [4.78, 5) is 14.9. The van der Waals surface area contributed by atoms with Crippen molar-refractivity contribution >= 4 is 30.7 Å². The SMILES string of the molecule is Cl.Cl.NC(C(=O)NC1CCN(C2CCCC2)C1)C1CCOCC1. The molecule has 3 aliphatic rings. The first-order chi connectivity index (χ1) is 10.2. The number of nitrogens with zero attached hydrogens (tertiary/aromatic N) is 1. The Morgan fingerprint density at radius 1 is 1.09 bits per heavy atom. The summed E-state index contributed by atoms with van der Waals surface area (Å²) in [6.07, 6.45) is 8.30. The zero-order chi connectivity index (χ0) is 14.7. The fourth-order valence-electron chi connectivity index (χ4n) is 4.09. The van der Waals surface area contributed by atoms with Gasteiger partial charge in [-0.2, -0.15) is 0 Å². The van der Waals surface area contributed by atoms with Crippen molar-refractivity contribution in [1.82, 2.24) is 10.2 Å². The van der Waals surface area contributed by atoms with Crippen molar-refractivity contribution in [1.29, 1.82) is 0 Å². The number of nitrogens with one attached hydrogen (secondary N) is 1. The Labute approximate surface area is 151 Å². The molecule has 3 fully saturated rings. The third-order valence-electron chi connectivity index (χ3n) is 5.48. The molecular weight excluding hydrogens is 337 g/mol. The van der Waals surface area contributed by atoms with Crippen LogP contribution in [0.4, 0.5) is 0 Å². The van der Waals surface area contributed by atoms with E-state index in [4.69, 9.17) is 10.5 Å². The third-order valence-corrected chi connectivity index (χ3v) is 5.48. The molecule has 0 radical (unpaired) electrons. The van der Waals surface area contributed by atoms with Crippen LogP contribution in [-0.4, -0.2) is 55.2 Å². The molecule has 2 unspecified atom stereocenters. The molecule has 2 atom stereocenters. The second kappa shape index (κ2) is 10.0. The van der Waals surface area contributed by atoms with E-state index in [1.54, 1.807) is 0 Å². The number of carbonyl (C=O) groups excluding carboxylic acids is 1. The van der Waals surface area contributed by atoms with E-state index in [-0.39, 0.29) is 42.7 Å². The lowest BCUT2D eigenvalue weighted by Crippen LogP contribution is -2.50. The maximum Gasteiger partial charge on any atom is 0.237 e. The summed E-state index contributed by atoms with van der Waals surface area (Å²) in [7, 11) is 0. The number of nitrogens with two attached hydrogens (primary N) is 1. The van der Waals surface area contributed by atoms with Gasteiger partial charge < -0.3 is 15.8 Å². The van der Waals surface area contributed by atoms with Gasteiger partial charge in [0.05, 0.1) is 6.04 Å². The average molecular weight is 368 g/mol. The van der Waals surface area contributed by atoms with Crippen LogP contribution in [0.5, 0.6) is 0 Å². The van der Waals surface area contributed by atoms with E-state index in [0.29, 0.717) is 6.04 Å². The average Bonchev–Trinajstić information content (AvgIpc) is 3.18. The molecule has 0 aromatic rings. The van der Waals surface area contributed by atoms with E-state index in [1.807, 2.05) is 0 Å². The molecule has 2 aliphatic heterocycles. The fourth-order valence-corrected chi connectivity index (χ4v) is 4.09. The number of hydrogen-bond donors (Lipinski definition) is 2. The Balaban J connectivity index is 0.00000132. The molecule has 136 valence electrons. The maximum atomic E-state index is 12.3. The molecule has 1 amide bonds. The van der Waals surface area contributed by atoms with Crippen LogP contribution in [0.2, 0.25) is 0 Å². The topological polar surface area (TPSA) is 67.6 Å². The van der Waals surface area contributed by atoms with Gasteiger partial charge in [0.15, 0.2) is 0 Å². The van der Waals surface area contributed by atoms with Crippen molar-refractivity contribution in [3.8, 4) is 0 Å². The summed E-state index contributed by atoms with van der Waals surface area (Å²) in [5.74, 6) is 0.325. The van der Waals surface area contributed by atoms with Gasteiger partial charge in [0.2, 0.25) is 5.91 Å². The second-order valence-corrected chi connectivity index (χ2v) is 6.90. The lowest BCUT2D eigenvalue weighted by Gasteiger charge is -2.28. The van der Waals surface area contributed by atoms with E-state index in [0.717, 1.165) is 51.6 Å². The van der Waals surface area contributed by atoms with Gasteiger partial charge in [-0.3, -0.25) is 9.69 Å². The standard InChI is InChI=1S/C16H29N3O2.2ClH/c17-15(12-6-9-21-10-7-12)16(20)18-13-5-8-19(11-13)14-3-1-2-4-14;;/h12-15H,1-11,17H2,(H,18,20);2*1H. The van der Waals surface area contributed by atoms with Gasteiger partial charge in [0.1, 0.15) is 0 Å². The molecule has 5 nitrogen and oxygen atoms in total. The van der Waals surface area contributed by atoms with Crippen molar-refractivity contribution in [2.45, 2.75) is 63.1 Å². The molecule has 1 aliphatic carbocycles. The molecule has 2 saturated heterocycles. The Kier molecular flexibility index (Phi) is 9.16. The third kappa shape index (κ3) is 5.46. The van der Waals surface area contributed by atoms with Gasteiger partial charge in [-0.1, -0.05) is 12.8 Å². The Morgan fingerprint density at radius 3 is 2.39 bits per heavy atom. The van der Waals surface area contributed by atoms with E-state index < -0.39 is 0 Å². The molecule has 7 heteroatoms. The molecule has 3 rings (SSSR count). The zero-order valence-electron chi connectivity index (χ0n) is 13.7. The van der Waals surface area contributed by atoms with Crippen molar-refractivity contribution in [2.24, 2.45) is 11.7 Å². The maximum absolute atomic E-state index is 12.3. The minimum absolute atomic E-state index is 0. The predicted octanol–water partition coefficient (Wildman–Crippen LogP) is 1.72. The van der Waals surface area contributed by atoms with Gasteiger partial charge in [-0.15, -0.1) is 24.8 Å². The van der Waals surface area contributed by atoms with Crippen molar-refractivity contribution < 1.29 is 9.53 Å². The first-order valence-corrected chi connectivity index (χ1v) is 8.62. The Bertz CT molecular complexity index is 361. The van der Waals surface area contributed by atoms with Crippen LogP contribution in [0.3, 0.4) is 0 Å². The van der Waals surface area contributed by atoms with Crippen LogP contribution in [-0.2, 0) is 9.53 Å². The molecule has 0 aromatic carbocycles. The summed E-state index contributed by atoms with van der Waals surface area (Å²) in [5.41, 5.74) is 6.15. The molecule has 3 N–H and O–H groups in total. The first-order valence-electron chi connectivity index (χ1n) is 8.62. The fraction of sp³-hybridized carbons (Fsp3) is 0.938. The number of halogens is 2. The molecular formula is C16H31Cl2N3O2. The minimum Gasteiger partial charge on any atom is -0.381 e. The number of amides is 1. The van der Waals surface area contributed by atoms with Gasteiger partial charge in [0, 0.05) is 38.4 Å². The molecule has 0 aromatic heterocycles. The number of rotatable bonds is 4. The van der Waals surface area contributed by atoms with Crippen LogP contribution in [0.25, 0.3) is 0 Å². The molecule has 2 heterocycles. The van der Waals surface area contributed by atoms with Crippen LogP contribution in [0.1, 0.15) is 44.9 Å². The Hall–Kier alpha value is -0.0700. The minimum atomic E-state index is -0.366. The summed E-state index contributed by atoms with van der Waals surface area (Å²) in [5, 5.41) is 3.18. The van der Waals surface area contributed by atoms with E-state index in [2.05, 4.69) is 10.2 Å². The lowest BCUT2D eigenvalue weighted by molar-refractivity contribution is -0.125. The van der Waals surface area contributed by atoms with Crippen molar-refractivity contribution in [2.75, 3.05) is 26.3 Å². The van der Waals surface area contributed by atoms with Crippen molar-refractivity contribution in [3.63, 3.8) is 0 Å². The zero-order valence-corrected chi connectivity index (χ0v) is 15.4. The van der Waals surface area contributed by atoms with Crippen LogP contribution in [0, 0.1) is 5.92 Å². The smallest absolute Gasteiger partial charge is 0.237 e. The number of hydrogen-bond acceptors (Lipinski definition) is 4. The van der Waals surface area contributed by atoms with E-state index in [1.165, 1.54) is 25.7 Å². The predicted molar refractivity (Wildman–Crippen MR) is 96.4 cm³/mol. The summed E-state index contributed by atoms with van der Waals surface area (Å²) < 4.78 is 5.34. The highest BCUT2D eigenvalue weighted by Gasteiger charge is 2.33. The highest BCUT2D eigenvalue weighted by Crippen LogP contribution is 2.26. The normalized spacial score (nSPS) is 28.0. The summed E-state index contributed by atoms with van der Waals surface area (Å²) in [6, 6.07) is 0.689. The van der Waals surface area contributed by atoms with Crippen LogP contribution < -0.4 is 11.1 Å². The quantitative estimate of drug-likeness (QED) is 0.793. The van der Waals surface area contributed by atoms with E-state index in [9.17, 15) is 4.79 Å². The van der Waals surface area contributed by atoms with Gasteiger partial charge in [0.25, 0.3) is 0 Å². The van der Waals surface area contributed by atoms with Gasteiger partial charge in [-0.25, -0.2) is 0 Å². The van der Waals surface area contributed by atoms with Gasteiger partial charge in [-0.05, 0) is 38.0 Å². The molecule has 1 saturated carbocycles. The number of ether oxygens (including phenoxy) is 1. The monoisotopic (exact) mass is 367 g/mol. The molecule has 0 bridgehead atoms. The van der Waals surface area contributed by atoms with Crippen molar-refractivity contribution in [3.05, 3.63) is 0 Å². The summed E-state index contributed by atoms with van der Waals surface area (Å²) >= 11 is 0. The highest BCUT2D eigenvalue weighted by atomic mass is 35.5. The van der Waals surface area contributed by atoms with Gasteiger partial charge >= 0.3 is 0 Å².